The van der Waals surface area contributed by atoms with Crippen molar-refractivity contribution in [2.75, 3.05) is 11.9 Å². The largest absolute Gasteiger partial charge is 0.326 e. The lowest BCUT2D eigenvalue weighted by molar-refractivity contribution is -0.384. The zero-order valence-electron chi connectivity index (χ0n) is 11.1. The van der Waals surface area contributed by atoms with Gasteiger partial charge in [0.15, 0.2) is 0 Å². The van der Waals surface area contributed by atoms with E-state index in [1.165, 1.54) is 24.3 Å². The van der Waals surface area contributed by atoms with Gasteiger partial charge in [0, 0.05) is 43.6 Å². The van der Waals surface area contributed by atoms with Crippen molar-refractivity contribution < 1.29 is 19.3 Å². The van der Waals surface area contributed by atoms with Gasteiger partial charge in [-0.3, -0.25) is 29.4 Å². The van der Waals surface area contributed by atoms with Crippen molar-refractivity contribution in [3.8, 4) is 0 Å². The number of hydrogen-bond acceptors (Lipinski definition) is 5. The molecule has 1 heterocycles. The summed E-state index contributed by atoms with van der Waals surface area (Å²) in [6.07, 6.45) is 0.389. The molecule has 21 heavy (non-hydrogen) atoms. The number of nitro benzene ring substituents is 1. The van der Waals surface area contributed by atoms with E-state index in [2.05, 4.69) is 5.32 Å². The number of imide groups is 1. The van der Waals surface area contributed by atoms with Gasteiger partial charge in [0.2, 0.25) is 17.7 Å². The van der Waals surface area contributed by atoms with E-state index < -0.39 is 4.92 Å². The Hall–Kier alpha value is -2.77. The van der Waals surface area contributed by atoms with E-state index in [4.69, 9.17) is 0 Å². The number of nitrogens with zero attached hydrogens (tertiary/aromatic N) is 2. The van der Waals surface area contributed by atoms with Crippen molar-refractivity contribution in [2.45, 2.75) is 19.3 Å². The summed E-state index contributed by atoms with van der Waals surface area (Å²) in [6.45, 7) is 0.0521. The Labute approximate surface area is 119 Å². The summed E-state index contributed by atoms with van der Waals surface area (Å²) in [5.74, 6) is -0.886. The van der Waals surface area contributed by atoms with Crippen molar-refractivity contribution in [1.82, 2.24) is 4.90 Å². The van der Waals surface area contributed by atoms with Crippen LogP contribution in [0, 0.1) is 10.1 Å². The lowest BCUT2D eigenvalue weighted by Gasteiger charge is -2.13. The standard InChI is InChI=1S/C13H13N3O5/c17-11(7-8-15-12(18)5-6-13(15)19)14-9-1-3-10(4-2-9)16(20)21/h1-4H,5-8H2,(H,14,17). The molecule has 1 saturated heterocycles. The second-order valence-electron chi connectivity index (χ2n) is 4.54. The number of hydrogen-bond donors (Lipinski definition) is 1. The molecule has 1 N–H and O–H groups in total. The van der Waals surface area contributed by atoms with Crippen LogP contribution in [0.25, 0.3) is 0 Å². The first-order chi connectivity index (χ1) is 9.97. The Morgan fingerprint density at radius 3 is 2.29 bits per heavy atom. The summed E-state index contributed by atoms with van der Waals surface area (Å²) >= 11 is 0. The van der Waals surface area contributed by atoms with Gasteiger partial charge in [0.05, 0.1) is 4.92 Å². The molecule has 110 valence electrons. The number of rotatable bonds is 5. The van der Waals surface area contributed by atoms with Crippen molar-refractivity contribution in [3.63, 3.8) is 0 Å². The van der Waals surface area contributed by atoms with Crippen LogP contribution in [0.15, 0.2) is 24.3 Å². The number of benzene rings is 1. The molecule has 0 aliphatic carbocycles. The molecule has 0 spiro atoms. The highest BCUT2D eigenvalue weighted by atomic mass is 16.6. The van der Waals surface area contributed by atoms with Crippen LogP contribution in [0.1, 0.15) is 19.3 Å². The maximum atomic E-state index is 11.7. The molecular weight excluding hydrogens is 278 g/mol. The van der Waals surface area contributed by atoms with Gasteiger partial charge in [-0.2, -0.15) is 0 Å². The fourth-order valence-electron chi connectivity index (χ4n) is 1.98. The summed E-state index contributed by atoms with van der Waals surface area (Å²) in [5.41, 5.74) is 0.353. The Morgan fingerprint density at radius 2 is 1.76 bits per heavy atom. The van der Waals surface area contributed by atoms with Gasteiger partial charge >= 0.3 is 0 Å². The molecule has 0 unspecified atom stereocenters. The van der Waals surface area contributed by atoms with E-state index in [9.17, 15) is 24.5 Å². The molecule has 1 aliphatic heterocycles. The number of nitrogens with one attached hydrogen (secondary N) is 1. The maximum absolute atomic E-state index is 11.7. The van der Waals surface area contributed by atoms with Crippen LogP contribution in [0.2, 0.25) is 0 Å². The minimum Gasteiger partial charge on any atom is -0.326 e. The number of nitro groups is 1. The maximum Gasteiger partial charge on any atom is 0.269 e. The topological polar surface area (TPSA) is 110 Å². The van der Waals surface area contributed by atoms with E-state index in [-0.39, 0.29) is 49.2 Å². The first-order valence-electron chi connectivity index (χ1n) is 6.35. The molecule has 0 radical (unpaired) electrons. The lowest BCUT2D eigenvalue weighted by Crippen LogP contribution is -2.32. The van der Waals surface area contributed by atoms with Crippen LogP contribution >= 0.6 is 0 Å². The smallest absolute Gasteiger partial charge is 0.269 e. The number of non-ortho nitro benzene ring substituents is 1. The molecule has 3 amide bonds. The number of carbonyl (C=O) groups excluding carboxylic acids is 3. The van der Waals surface area contributed by atoms with E-state index in [0.29, 0.717) is 5.69 Å². The molecule has 0 saturated carbocycles. The average Bonchev–Trinajstić information content (AvgIpc) is 2.76. The molecule has 1 fully saturated rings. The molecule has 8 heteroatoms. The summed E-state index contributed by atoms with van der Waals surface area (Å²) < 4.78 is 0. The summed E-state index contributed by atoms with van der Waals surface area (Å²) in [4.78, 5) is 45.5. The Balaban J connectivity index is 1.85. The van der Waals surface area contributed by atoms with Gasteiger partial charge in [-0.1, -0.05) is 0 Å². The molecule has 0 bridgehead atoms. The normalized spacial score (nSPS) is 14.4. The highest BCUT2D eigenvalue weighted by Gasteiger charge is 2.28. The summed E-state index contributed by atoms with van der Waals surface area (Å²) in [7, 11) is 0. The minimum absolute atomic E-state index is 0.00549. The van der Waals surface area contributed by atoms with Crippen molar-refractivity contribution in [1.29, 1.82) is 0 Å². The second kappa shape index (κ2) is 6.12. The molecule has 1 aromatic carbocycles. The van der Waals surface area contributed by atoms with Crippen LogP contribution < -0.4 is 5.32 Å². The van der Waals surface area contributed by atoms with Gasteiger partial charge in [0.1, 0.15) is 0 Å². The van der Waals surface area contributed by atoms with Gasteiger partial charge in [-0.05, 0) is 12.1 Å². The summed E-state index contributed by atoms with van der Waals surface area (Å²) in [5, 5.41) is 13.0. The fourth-order valence-corrected chi connectivity index (χ4v) is 1.98. The summed E-state index contributed by atoms with van der Waals surface area (Å²) in [6, 6.07) is 5.40. The van der Waals surface area contributed by atoms with E-state index in [0.717, 1.165) is 4.90 Å². The first kappa shape index (κ1) is 14.6. The van der Waals surface area contributed by atoms with Gasteiger partial charge < -0.3 is 5.32 Å². The number of anilines is 1. The Bertz CT molecular complexity index is 580. The van der Waals surface area contributed by atoms with Gasteiger partial charge in [0.25, 0.3) is 5.69 Å². The molecule has 2 rings (SSSR count). The number of likely N-dealkylation sites (tertiary alicyclic amines) is 1. The molecule has 0 atom stereocenters. The van der Waals surface area contributed by atoms with Gasteiger partial charge in [-0.15, -0.1) is 0 Å². The number of amides is 3. The van der Waals surface area contributed by atoms with Crippen LogP contribution in [-0.4, -0.2) is 34.1 Å². The lowest BCUT2D eigenvalue weighted by atomic mass is 10.2. The highest BCUT2D eigenvalue weighted by Crippen LogP contribution is 2.16. The molecule has 1 aliphatic rings. The predicted molar refractivity (Wildman–Crippen MR) is 72.3 cm³/mol. The van der Waals surface area contributed by atoms with Crippen molar-refractivity contribution in [3.05, 3.63) is 34.4 Å². The average molecular weight is 291 g/mol. The zero-order chi connectivity index (χ0) is 15.4. The number of carbonyl (C=O) groups is 3. The third-order valence-electron chi connectivity index (χ3n) is 3.08. The van der Waals surface area contributed by atoms with E-state index >= 15 is 0 Å². The van der Waals surface area contributed by atoms with E-state index in [1.807, 2.05) is 0 Å². The molecule has 1 aromatic rings. The van der Waals surface area contributed by atoms with Crippen LogP contribution in [-0.2, 0) is 14.4 Å². The zero-order valence-corrected chi connectivity index (χ0v) is 11.1. The Morgan fingerprint density at radius 1 is 1.19 bits per heavy atom. The minimum atomic E-state index is -0.532. The fraction of sp³-hybridized carbons (Fsp3) is 0.308. The molecular formula is C13H13N3O5. The predicted octanol–water partition coefficient (Wildman–Crippen LogP) is 1.07. The molecule has 8 nitrogen and oxygen atoms in total. The van der Waals surface area contributed by atoms with Crippen molar-refractivity contribution >= 4 is 29.1 Å². The third-order valence-corrected chi connectivity index (χ3v) is 3.08. The van der Waals surface area contributed by atoms with Crippen LogP contribution in [0.3, 0.4) is 0 Å². The SMILES string of the molecule is O=C(CCN1C(=O)CCC1=O)Nc1ccc([N+](=O)[O-])cc1. The molecule has 0 aromatic heterocycles. The second-order valence-corrected chi connectivity index (χ2v) is 4.54. The van der Waals surface area contributed by atoms with Crippen molar-refractivity contribution in [2.24, 2.45) is 0 Å². The van der Waals surface area contributed by atoms with Gasteiger partial charge in [-0.25, -0.2) is 0 Å². The Kier molecular flexibility index (Phi) is 4.27. The monoisotopic (exact) mass is 291 g/mol. The quantitative estimate of drug-likeness (QED) is 0.495. The van der Waals surface area contributed by atoms with Crippen LogP contribution in [0.4, 0.5) is 11.4 Å². The van der Waals surface area contributed by atoms with Crippen LogP contribution in [0.5, 0.6) is 0 Å². The third kappa shape index (κ3) is 3.62. The van der Waals surface area contributed by atoms with E-state index in [1.54, 1.807) is 0 Å². The first-order valence-corrected chi connectivity index (χ1v) is 6.35. The highest BCUT2D eigenvalue weighted by molar-refractivity contribution is 6.02.